The molecule has 1 unspecified atom stereocenters. The summed E-state index contributed by atoms with van der Waals surface area (Å²) in [5, 5.41) is 11.8. The second-order valence-electron chi connectivity index (χ2n) is 6.42. The zero-order valence-corrected chi connectivity index (χ0v) is 15.5. The van der Waals surface area contributed by atoms with Crippen molar-refractivity contribution in [2.45, 2.75) is 19.4 Å². The van der Waals surface area contributed by atoms with E-state index < -0.39 is 6.04 Å². The van der Waals surface area contributed by atoms with Gasteiger partial charge in [-0.2, -0.15) is 0 Å². The van der Waals surface area contributed by atoms with Gasteiger partial charge < -0.3 is 9.73 Å². The summed E-state index contributed by atoms with van der Waals surface area (Å²) in [5.41, 5.74) is 3.32. The third-order valence-electron chi connectivity index (χ3n) is 4.62. The highest BCUT2D eigenvalue weighted by atomic mass is 19.1. The summed E-state index contributed by atoms with van der Waals surface area (Å²) in [4.78, 5) is 0. The van der Waals surface area contributed by atoms with Gasteiger partial charge in [0.15, 0.2) is 0 Å². The summed E-state index contributed by atoms with van der Waals surface area (Å²) in [6.45, 7) is 2.08. The first kappa shape index (κ1) is 17.9. The smallest absolute Gasteiger partial charge is 0.247 e. The Morgan fingerprint density at radius 1 is 0.893 bits per heavy atom. The number of benzene rings is 3. The lowest BCUT2D eigenvalue weighted by Gasteiger charge is -2.19. The van der Waals surface area contributed by atoms with E-state index in [1.807, 2.05) is 54.6 Å². The van der Waals surface area contributed by atoms with Crippen LogP contribution in [0.4, 0.5) is 10.1 Å². The summed E-state index contributed by atoms with van der Waals surface area (Å²) in [6.07, 6.45) is 0.853. The van der Waals surface area contributed by atoms with E-state index in [-0.39, 0.29) is 5.82 Å². The molecule has 0 radical (unpaired) electrons. The molecule has 0 aliphatic carbocycles. The van der Waals surface area contributed by atoms with Gasteiger partial charge in [-0.1, -0.05) is 61.5 Å². The largest absolute Gasteiger partial charge is 0.418 e. The van der Waals surface area contributed by atoms with E-state index in [4.69, 9.17) is 4.42 Å². The lowest BCUT2D eigenvalue weighted by atomic mass is 10.0. The summed E-state index contributed by atoms with van der Waals surface area (Å²) in [6, 6.07) is 23.5. The van der Waals surface area contributed by atoms with Gasteiger partial charge in [0.1, 0.15) is 11.9 Å². The maximum absolute atomic E-state index is 14.6. The van der Waals surface area contributed by atoms with Crippen LogP contribution < -0.4 is 5.32 Å². The van der Waals surface area contributed by atoms with Crippen molar-refractivity contribution < 1.29 is 8.81 Å². The van der Waals surface area contributed by atoms with Gasteiger partial charge in [0, 0.05) is 16.8 Å². The molecule has 1 aromatic heterocycles. The van der Waals surface area contributed by atoms with Crippen LogP contribution in [-0.4, -0.2) is 10.2 Å². The monoisotopic (exact) mass is 373 g/mol. The lowest BCUT2D eigenvalue weighted by molar-refractivity contribution is 0.485. The number of aryl methyl sites for hydroxylation is 1. The number of rotatable bonds is 6. The predicted octanol–water partition coefficient (Wildman–Crippen LogP) is 5.64. The molecule has 140 valence electrons. The number of para-hydroxylation sites is 1. The van der Waals surface area contributed by atoms with E-state index >= 15 is 0 Å². The van der Waals surface area contributed by atoms with Crippen molar-refractivity contribution in [3.63, 3.8) is 0 Å². The Morgan fingerprint density at radius 2 is 1.61 bits per heavy atom. The summed E-state index contributed by atoms with van der Waals surface area (Å²) in [7, 11) is 0. The molecule has 4 rings (SSSR count). The van der Waals surface area contributed by atoms with Crippen LogP contribution in [0.25, 0.3) is 11.5 Å². The second-order valence-corrected chi connectivity index (χ2v) is 6.42. The van der Waals surface area contributed by atoms with Crippen molar-refractivity contribution in [1.82, 2.24) is 10.2 Å². The van der Waals surface area contributed by atoms with Gasteiger partial charge in [-0.25, -0.2) is 4.39 Å². The highest BCUT2D eigenvalue weighted by Crippen LogP contribution is 2.31. The molecule has 0 spiro atoms. The van der Waals surface area contributed by atoms with Crippen molar-refractivity contribution in [1.29, 1.82) is 0 Å². The molecule has 28 heavy (non-hydrogen) atoms. The van der Waals surface area contributed by atoms with Gasteiger partial charge in [0.2, 0.25) is 11.8 Å². The molecule has 5 heteroatoms. The third kappa shape index (κ3) is 3.64. The van der Waals surface area contributed by atoms with Crippen LogP contribution in [0.5, 0.6) is 0 Å². The molecule has 0 bridgehead atoms. The van der Waals surface area contributed by atoms with Crippen molar-refractivity contribution in [2.75, 3.05) is 5.32 Å². The molecular formula is C23H20FN3O. The van der Waals surface area contributed by atoms with Crippen LogP contribution in [0, 0.1) is 5.82 Å². The number of hydrogen-bond acceptors (Lipinski definition) is 4. The van der Waals surface area contributed by atoms with Gasteiger partial charge in [0.05, 0.1) is 0 Å². The average Bonchev–Trinajstić information content (AvgIpc) is 3.23. The van der Waals surface area contributed by atoms with Gasteiger partial charge in [0.25, 0.3) is 0 Å². The molecule has 0 aliphatic rings. The summed E-state index contributed by atoms with van der Waals surface area (Å²) < 4.78 is 20.5. The summed E-state index contributed by atoms with van der Waals surface area (Å²) >= 11 is 0. The minimum absolute atomic E-state index is 0.315. The Bertz CT molecular complexity index is 1060. The van der Waals surface area contributed by atoms with Crippen molar-refractivity contribution in [3.8, 4) is 11.5 Å². The average molecular weight is 373 g/mol. The zero-order chi connectivity index (χ0) is 19.3. The molecule has 4 aromatic rings. The number of anilines is 1. The Balaban J connectivity index is 1.76. The van der Waals surface area contributed by atoms with Crippen LogP contribution >= 0.6 is 0 Å². The maximum Gasteiger partial charge on any atom is 0.247 e. The molecule has 1 N–H and O–H groups in total. The van der Waals surface area contributed by atoms with Gasteiger partial charge >= 0.3 is 0 Å². The fourth-order valence-corrected chi connectivity index (χ4v) is 3.16. The maximum atomic E-state index is 14.6. The van der Waals surface area contributed by atoms with E-state index in [0.29, 0.717) is 17.3 Å². The van der Waals surface area contributed by atoms with Crippen molar-refractivity contribution in [3.05, 3.63) is 102 Å². The van der Waals surface area contributed by atoms with Crippen molar-refractivity contribution in [2.24, 2.45) is 0 Å². The molecule has 0 amide bonds. The first-order valence-corrected chi connectivity index (χ1v) is 9.24. The normalized spacial score (nSPS) is 11.9. The Labute approximate surface area is 163 Å². The predicted molar refractivity (Wildman–Crippen MR) is 107 cm³/mol. The van der Waals surface area contributed by atoms with E-state index in [9.17, 15) is 4.39 Å². The van der Waals surface area contributed by atoms with Crippen LogP contribution in [0.1, 0.15) is 30.0 Å². The second kappa shape index (κ2) is 8.05. The quantitative estimate of drug-likeness (QED) is 0.475. The van der Waals surface area contributed by atoms with E-state index in [1.165, 1.54) is 6.07 Å². The fourth-order valence-electron chi connectivity index (χ4n) is 3.16. The highest BCUT2D eigenvalue weighted by molar-refractivity contribution is 5.55. The fraction of sp³-hybridized carbons (Fsp3) is 0.130. The molecule has 1 atom stereocenters. The standard InChI is InChI=1S/C23H20FN3O/c1-2-16-10-6-9-15-20(16)25-21(18-13-7-8-14-19(18)24)23-27-26-22(28-23)17-11-4-3-5-12-17/h3-15,21,25H,2H2,1H3. The number of hydrogen-bond donors (Lipinski definition) is 1. The SMILES string of the molecule is CCc1ccccc1NC(c1nnc(-c2ccccc2)o1)c1ccccc1F. The number of halogens is 1. The molecular weight excluding hydrogens is 353 g/mol. The van der Waals surface area contributed by atoms with Crippen LogP contribution in [-0.2, 0) is 6.42 Å². The Kier molecular flexibility index (Phi) is 5.15. The topological polar surface area (TPSA) is 51.0 Å². The van der Waals surface area contributed by atoms with Crippen LogP contribution in [0.2, 0.25) is 0 Å². The molecule has 0 aliphatic heterocycles. The number of nitrogens with zero attached hydrogens (tertiary/aromatic N) is 2. The third-order valence-corrected chi connectivity index (χ3v) is 4.62. The highest BCUT2D eigenvalue weighted by Gasteiger charge is 2.24. The molecule has 0 saturated carbocycles. The molecule has 0 saturated heterocycles. The van der Waals surface area contributed by atoms with Gasteiger partial charge in [-0.3, -0.25) is 0 Å². The number of aromatic nitrogens is 2. The molecule has 1 heterocycles. The van der Waals surface area contributed by atoms with E-state index in [1.54, 1.807) is 18.2 Å². The Morgan fingerprint density at radius 3 is 2.39 bits per heavy atom. The lowest BCUT2D eigenvalue weighted by Crippen LogP contribution is -2.15. The molecule has 4 nitrogen and oxygen atoms in total. The van der Waals surface area contributed by atoms with E-state index in [2.05, 4.69) is 22.4 Å². The Hall–Kier alpha value is -3.47. The van der Waals surface area contributed by atoms with Gasteiger partial charge in [-0.05, 0) is 36.2 Å². The molecule has 3 aromatic carbocycles. The van der Waals surface area contributed by atoms with Crippen LogP contribution in [0.3, 0.4) is 0 Å². The van der Waals surface area contributed by atoms with E-state index in [0.717, 1.165) is 23.2 Å². The van der Waals surface area contributed by atoms with Gasteiger partial charge in [-0.15, -0.1) is 10.2 Å². The number of nitrogens with one attached hydrogen (secondary N) is 1. The molecule has 0 fully saturated rings. The first-order valence-electron chi connectivity index (χ1n) is 9.24. The minimum Gasteiger partial charge on any atom is -0.418 e. The first-order chi connectivity index (χ1) is 13.8. The minimum atomic E-state index is -0.598. The van der Waals surface area contributed by atoms with Crippen LogP contribution in [0.15, 0.2) is 83.3 Å². The van der Waals surface area contributed by atoms with Crippen molar-refractivity contribution >= 4 is 5.69 Å². The zero-order valence-electron chi connectivity index (χ0n) is 15.5. The summed E-state index contributed by atoms with van der Waals surface area (Å²) in [5.74, 6) is 0.394.